The van der Waals surface area contributed by atoms with Gasteiger partial charge in [-0.15, -0.1) is 0 Å². The number of hydrogen-bond donors (Lipinski definition) is 0. The molecule has 3 unspecified atom stereocenters. The first-order valence-corrected chi connectivity index (χ1v) is 6.16. The minimum Gasteiger partial charge on any atom is -0.423 e. The molecule has 0 heterocycles. The van der Waals surface area contributed by atoms with Gasteiger partial charge in [0.2, 0.25) is 0 Å². The first kappa shape index (κ1) is 9.47. The van der Waals surface area contributed by atoms with Crippen molar-refractivity contribution in [2.24, 2.45) is 17.8 Å². The molecule has 0 saturated heterocycles. The topological polar surface area (TPSA) is 9.23 Å². The van der Waals surface area contributed by atoms with Crippen molar-refractivity contribution in [1.82, 2.24) is 0 Å². The molecule has 3 atom stereocenters. The fourth-order valence-corrected chi connectivity index (χ4v) is 3.01. The summed E-state index contributed by atoms with van der Waals surface area (Å²) < 4.78 is 5.62. The predicted octanol–water partition coefficient (Wildman–Crippen LogP) is 1.66. The fourth-order valence-electron chi connectivity index (χ4n) is 2.84. The Balaban J connectivity index is 1.94. The van der Waals surface area contributed by atoms with Crippen molar-refractivity contribution in [3.63, 3.8) is 0 Å². The van der Waals surface area contributed by atoms with Crippen LogP contribution in [0.15, 0.2) is 12.2 Å². The highest BCUT2D eigenvalue weighted by Crippen LogP contribution is 2.46. The SMILES string of the molecule is CC(C)(CC1CC2C=CC1C2)O[SiH3]. The van der Waals surface area contributed by atoms with Crippen LogP contribution in [0, 0.1) is 17.8 Å². The van der Waals surface area contributed by atoms with Gasteiger partial charge in [-0.25, -0.2) is 0 Å². The van der Waals surface area contributed by atoms with Gasteiger partial charge in [0.05, 0.1) is 0 Å². The van der Waals surface area contributed by atoms with Crippen molar-refractivity contribution < 1.29 is 4.43 Å². The molecule has 2 bridgehead atoms. The number of rotatable bonds is 3. The average molecular weight is 196 g/mol. The second kappa shape index (κ2) is 3.25. The average Bonchev–Trinajstić information content (AvgIpc) is 2.64. The van der Waals surface area contributed by atoms with Crippen molar-refractivity contribution >= 4 is 10.5 Å². The minimum atomic E-state index is 0.134. The Kier molecular flexibility index (Phi) is 2.36. The summed E-state index contributed by atoms with van der Waals surface area (Å²) in [5.74, 6) is 2.68. The maximum atomic E-state index is 5.62. The summed E-state index contributed by atoms with van der Waals surface area (Å²) in [6.45, 7) is 4.46. The molecule has 13 heavy (non-hydrogen) atoms. The lowest BCUT2D eigenvalue weighted by Crippen LogP contribution is -2.28. The Morgan fingerprint density at radius 3 is 2.62 bits per heavy atom. The molecular formula is C11H20OSi. The molecule has 2 aliphatic rings. The van der Waals surface area contributed by atoms with Crippen molar-refractivity contribution in [3.05, 3.63) is 12.2 Å². The van der Waals surface area contributed by atoms with Crippen LogP contribution < -0.4 is 0 Å². The Morgan fingerprint density at radius 2 is 2.15 bits per heavy atom. The van der Waals surface area contributed by atoms with Gasteiger partial charge in [0.1, 0.15) is 10.5 Å². The molecule has 0 aromatic carbocycles. The standard InChI is InChI=1S/C11H20OSi/c1-11(2,12-13)7-10-6-8-3-4-9(10)5-8/h3-4,8-10H,5-7H2,1-2,13H3. The van der Waals surface area contributed by atoms with Gasteiger partial charge in [0.25, 0.3) is 0 Å². The lowest BCUT2D eigenvalue weighted by Gasteiger charge is -2.30. The van der Waals surface area contributed by atoms with E-state index in [-0.39, 0.29) is 5.60 Å². The number of hydrogen-bond acceptors (Lipinski definition) is 1. The Hall–Kier alpha value is -0.0831. The van der Waals surface area contributed by atoms with Crippen LogP contribution in [0.1, 0.15) is 33.1 Å². The van der Waals surface area contributed by atoms with Crippen LogP contribution in [-0.4, -0.2) is 16.1 Å². The monoisotopic (exact) mass is 196 g/mol. The van der Waals surface area contributed by atoms with Gasteiger partial charge in [0, 0.05) is 5.60 Å². The lowest BCUT2D eigenvalue weighted by molar-refractivity contribution is 0.0850. The third kappa shape index (κ3) is 1.89. The van der Waals surface area contributed by atoms with E-state index in [1.807, 2.05) is 0 Å². The molecule has 0 amide bonds. The molecular weight excluding hydrogens is 176 g/mol. The quantitative estimate of drug-likeness (QED) is 0.493. The van der Waals surface area contributed by atoms with E-state index in [2.05, 4.69) is 26.0 Å². The minimum absolute atomic E-state index is 0.134. The molecule has 2 heteroatoms. The molecule has 0 aromatic rings. The smallest absolute Gasteiger partial charge is 0.146 e. The van der Waals surface area contributed by atoms with E-state index in [1.165, 1.54) is 19.3 Å². The molecule has 2 rings (SSSR count). The number of fused-ring (bicyclic) bond motifs is 2. The van der Waals surface area contributed by atoms with Gasteiger partial charge in [-0.1, -0.05) is 12.2 Å². The molecule has 1 nitrogen and oxygen atoms in total. The van der Waals surface area contributed by atoms with Crippen molar-refractivity contribution in [1.29, 1.82) is 0 Å². The summed E-state index contributed by atoms with van der Waals surface area (Å²) in [5.41, 5.74) is 0.134. The van der Waals surface area contributed by atoms with Gasteiger partial charge >= 0.3 is 0 Å². The van der Waals surface area contributed by atoms with E-state index in [4.69, 9.17) is 4.43 Å². The van der Waals surface area contributed by atoms with Crippen LogP contribution in [0.2, 0.25) is 0 Å². The van der Waals surface area contributed by atoms with E-state index < -0.39 is 0 Å². The fraction of sp³-hybridized carbons (Fsp3) is 0.818. The van der Waals surface area contributed by atoms with E-state index in [0.29, 0.717) is 0 Å². The van der Waals surface area contributed by atoms with Crippen LogP contribution in [0.25, 0.3) is 0 Å². The van der Waals surface area contributed by atoms with Crippen LogP contribution in [0.4, 0.5) is 0 Å². The highest BCUT2D eigenvalue weighted by molar-refractivity contribution is 5.98. The van der Waals surface area contributed by atoms with Gasteiger partial charge in [-0.2, -0.15) is 0 Å². The largest absolute Gasteiger partial charge is 0.423 e. The summed E-state index contributed by atoms with van der Waals surface area (Å²) in [6, 6.07) is 0. The highest BCUT2D eigenvalue weighted by atomic mass is 28.2. The summed E-state index contributed by atoms with van der Waals surface area (Å²) in [6.07, 6.45) is 8.93. The van der Waals surface area contributed by atoms with E-state index in [0.717, 1.165) is 28.2 Å². The normalized spacial score (nSPS) is 37.5. The second-order valence-electron chi connectivity index (χ2n) is 5.21. The Labute approximate surface area is 84.1 Å². The second-order valence-corrected chi connectivity index (χ2v) is 5.62. The van der Waals surface area contributed by atoms with Crippen LogP contribution in [0.3, 0.4) is 0 Å². The van der Waals surface area contributed by atoms with Gasteiger partial charge in [0.15, 0.2) is 0 Å². The maximum Gasteiger partial charge on any atom is 0.146 e. The molecule has 2 aliphatic carbocycles. The van der Waals surface area contributed by atoms with Crippen LogP contribution >= 0.6 is 0 Å². The van der Waals surface area contributed by atoms with Crippen molar-refractivity contribution in [2.75, 3.05) is 0 Å². The zero-order valence-corrected chi connectivity index (χ0v) is 10.9. The zero-order valence-electron chi connectivity index (χ0n) is 8.92. The van der Waals surface area contributed by atoms with Gasteiger partial charge < -0.3 is 4.43 Å². The van der Waals surface area contributed by atoms with E-state index in [1.54, 1.807) is 0 Å². The molecule has 0 aliphatic heterocycles. The molecule has 0 aromatic heterocycles. The lowest BCUT2D eigenvalue weighted by atomic mass is 9.84. The van der Waals surface area contributed by atoms with Crippen molar-refractivity contribution in [2.45, 2.75) is 38.7 Å². The third-order valence-corrected chi connectivity index (χ3v) is 4.83. The van der Waals surface area contributed by atoms with Gasteiger partial charge in [-0.3, -0.25) is 0 Å². The summed E-state index contributed by atoms with van der Waals surface area (Å²) in [5, 5.41) is 0. The van der Waals surface area contributed by atoms with Crippen molar-refractivity contribution in [3.8, 4) is 0 Å². The Bertz CT molecular complexity index is 222. The highest BCUT2D eigenvalue weighted by Gasteiger charge is 2.38. The third-order valence-electron chi connectivity index (χ3n) is 3.72. The van der Waals surface area contributed by atoms with E-state index in [9.17, 15) is 0 Å². The molecule has 0 radical (unpaired) electrons. The molecule has 74 valence electrons. The number of allylic oxidation sites excluding steroid dienone is 2. The molecule has 1 saturated carbocycles. The maximum absolute atomic E-state index is 5.62. The molecule has 0 N–H and O–H groups in total. The molecule has 1 fully saturated rings. The van der Waals surface area contributed by atoms with Crippen LogP contribution in [0.5, 0.6) is 0 Å². The first-order valence-electron chi connectivity index (χ1n) is 5.34. The summed E-state index contributed by atoms with van der Waals surface area (Å²) in [4.78, 5) is 0. The summed E-state index contributed by atoms with van der Waals surface area (Å²) >= 11 is 0. The van der Waals surface area contributed by atoms with Crippen LogP contribution in [-0.2, 0) is 4.43 Å². The summed E-state index contributed by atoms with van der Waals surface area (Å²) in [7, 11) is 0.866. The molecule has 0 spiro atoms. The zero-order chi connectivity index (χ0) is 9.47. The predicted molar refractivity (Wildman–Crippen MR) is 58.6 cm³/mol. The van der Waals surface area contributed by atoms with E-state index >= 15 is 0 Å². The van der Waals surface area contributed by atoms with Gasteiger partial charge in [-0.05, 0) is 50.9 Å². The first-order chi connectivity index (χ1) is 6.11. The Morgan fingerprint density at radius 1 is 1.38 bits per heavy atom.